The van der Waals surface area contributed by atoms with Crippen LogP contribution in [0.25, 0.3) is 0 Å². The number of benzene rings is 2. The van der Waals surface area contributed by atoms with Crippen molar-refractivity contribution in [3.8, 4) is 0 Å². The largest absolute Gasteiger partial charge is 0.368 e. The molecule has 1 saturated heterocycles. The minimum atomic E-state index is -1.24. The van der Waals surface area contributed by atoms with Crippen LogP contribution in [0.4, 0.5) is 11.4 Å². The third kappa shape index (κ3) is 2.31. The molecule has 2 aromatic rings. The number of anilines is 2. The molecule has 6 nitrogen and oxygen atoms in total. The van der Waals surface area contributed by atoms with E-state index in [1.54, 1.807) is 36.4 Å². The van der Waals surface area contributed by atoms with Crippen LogP contribution in [-0.4, -0.2) is 30.0 Å². The molecule has 2 N–H and O–H groups in total. The van der Waals surface area contributed by atoms with E-state index in [1.807, 2.05) is 12.1 Å². The predicted octanol–water partition coefficient (Wildman–Crippen LogP) is 2.10. The molecule has 1 spiro atoms. The van der Waals surface area contributed by atoms with Gasteiger partial charge in [-0.2, -0.15) is 0 Å². The Kier molecular flexibility index (Phi) is 3.93. The first-order valence-corrected chi connectivity index (χ1v) is 9.24. The normalized spacial score (nSPS) is 21.6. The van der Waals surface area contributed by atoms with E-state index >= 15 is 0 Å². The molecular weight excluding hydrogens is 374 g/mol. The molecule has 2 aromatic carbocycles. The lowest BCUT2D eigenvalue weighted by molar-refractivity contribution is -0.125. The highest BCUT2D eigenvalue weighted by Gasteiger charge is 2.61. The van der Waals surface area contributed by atoms with E-state index < -0.39 is 10.8 Å². The molecule has 2 aliphatic rings. The number of rotatable bonds is 3. The van der Waals surface area contributed by atoms with Gasteiger partial charge in [0.1, 0.15) is 6.54 Å². The summed E-state index contributed by atoms with van der Waals surface area (Å²) in [4.78, 5) is 39.2. The van der Waals surface area contributed by atoms with E-state index in [9.17, 15) is 14.4 Å². The van der Waals surface area contributed by atoms with Crippen LogP contribution in [0.2, 0.25) is 5.02 Å². The van der Waals surface area contributed by atoms with Gasteiger partial charge >= 0.3 is 0 Å². The predicted molar refractivity (Wildman–Crippen MR) is 101 cm³/mol. The fraction of sp³-hybridized carbons (Fsp3) is 0.167. The Balaban J connectivity index is 1.91. The van der Waals surface area contributed by atoms with Crippen molar-refractivity contribution in [2.24, 2.45) is 5.73 Å². The summed E-state index contributed by atoms with van der Waals surface area (Å²) in [7, 11) is 0. The number of nitrogens with two attached hydrogens (primary N) is 1. The summed E-state index contributed by atoms with van der Waals surface area (Å²) in [6, 6.07) is 13.9. The fourth-order valence-electron chi connectivity index (χ4n) is 3.46. The monoisotopic (exact) mass is 387 g/mol. The molecule has 26 heavy (non-hydrogen) atoms. The summed E-state index contributed by atoms with van der Waals surface area (Å²) in [5.41, 5.74) is 7.18. The third-order valence-electron chi connectivity index (χ3n) is 4.46. The average molecular weight is 388 g/mol. The van der Waals surface area contributed by atoms with Gasteiger partial charge in [-0.1, -0.05) is 29.8 Å². The van der Waals surface area contributed by atoms with E-state index in [2.05, 4.69) is 0 Å². The van der Waals surface area contributed by atoms with Crippen LogP contribution in [0.5, 0.6) is 0 Å². The van der Waals surface area contributed by atoms with Gasteiger partial charge in [0.25, 0.3) is 5.91 Å². The molecule has 1 unspecified atom stereocenters. The number of hydrogen-bond donors (Lipinski definition) is 1. The van der Waals surface area contributed by atoms with E-state index in [-0.39, 0.29) is 24.1 Å². The lowest BCUT2D eigenvalue weighted by atomic mass is 10.0. The highest BCUT2D eigenvalue weighted by atomic mass is 35.5. The third-order valence-corrected chi connectivity index (χ3v) is 6.10. The van der Waals surface area contributed by atoms with Crippen molar-refractivity contribution in [3.05, 3.63) is 59.1 Å². The van der Waals surface area contributed by atoms with E-state index in [1.165, 1.54) is 21.6 Å². The van der Waals surface area contributed by atoms with Gasteiger partial charge in [0.05, 0.1) is 11.4 Å². The number of primary amides is 1. The average Bonchev–Trinajstić information content (AvgIpc) is 3.08. The molecule has 0 aromatic heterocycles. The molecule has 3 amide bonds. The topological polar surface area (TPSA) is 83.7 Å². The van der Waals surface area contributed by atoms with Crippen LogP contribution in [0.3, 0.4) is 0 Å². The molecule has 0 radical (unpaired) electrons. The summed E-state index contributed by atoms with van der Waals surface area (Å²) in [5, 5.41) is 0.538. The Morgan fingerprint density at radius 1 is 1.15 bits per heavy atom. The van der Waals surface area contributed by atoms with Gasteiger partial charge in [-0.15, -0.1) is 11.8 Å². The Bertz CT molecular complexity index is 934. The summed E-state index contributed by atoms with van der Waals surface area (Å²) in [6.45, 7) is -0.235. The highest BCUT2D eigenvalue weighted by Crippen LogP contribution is 2.55. The standard InChI is InChI=1S/C18H14ClN3O3S/c19-11-5-7-12(8-6-11)22-16(24)10-26-18(22)13-3-1-2-4-14(13)21(17(18)25)9-15(20)23/h1-8H,9-10H2,(H2,20,23). The van der Waals surface area contributed by atoms with Crippen LogP contribution < -0.4 is 15.5 Å². The summed E-state index contributed by atoms with van der Waals surface area (Å²) < 4.78 is 0. The molecule has 132 valence electrons. The maximum atomic E-state index is 13.4. The summed E-state index contributed by atoms with van der Waals surface area (Å²) >= 11 is 7.21. The zero-order valence-electron chi connectivity index (χ0n) is 13.5. The van der Waals surface area contributed by atoms with Crippen molar-refractivity contribution in [2.75, 3.05) is 22.1 Å². The van der Waals surface area contributed by atoms with Crippen molar-refractivity contribution < 1.29 is 14.4 Å². The molecule has 0 bridgehead atoms. The number of fused-ring (bicyclic) bond motifs is 2. The Hall–Kier alpha value is -2.51. The number of halogens is 1. The number of thioether (sulfide) groups is 1. The fourth-order valence-corrected chi connectivity index (χ4v) is 4.94. The molecule has 1 atom stereocenters. The molecule has 0 saturated carbocycles. The first kappa shape index (κ1) is 16.9. The van der Waals surface area contributed by atoms with Crippen molar-refractivity contribution in [1.29, 1.82) is 0 Å². The maximum absolute atomic E-state index is 13.4. The molecule has 2 heterocycles. The van der Waals surface area contributed by atoms with Gasteiger partial charge < -0.3 is 5.73 Å². The van der Waals surface area contributed by atoms with Crippen LogP contribution in [0, 0.1) is 0 Å². The number of para-hydroxylation sites is 1. The van der Waals surface area contributed by atoms with Crippen LogP contribution in [0.1, 0.15) is 5.56 Å². The molecule has 1 fully saturated rings. The first-order valence-electron chi connectivity index (χ1n) is 7.87. The second kappa shape index (κ2) is 6.03. The minimum Gasteiger partial charge on any atom is -0.368 e. The molecule has 2 aliphatic heterocycles. The minimum absolute atomic E-state index is 0.160. The first-order chi connectivity index (χ1) is 12.4. The van der Waals surface area contributed by atoms with Crippen molar-refractivity contribution in [3.63, 3.8) is 0 Å². The second-order valence-electron chi connectivity index (χ2n) is 6.01. The molecule has 8 heteroatoms. The van der Waals surface area contributed by atoms with E-state index in [0.29, 0.717) is 22.0 Å². The van der Waals surface area contributed by atoms with Gasteiger partial charge in [-0.3, -0.25) is 24.2 Å². The Morgan fingerprint density at radius 3 is 2.54 bits per heavy atom. The van der Waals surface area contributed by atoms with Crippen LogP contribution in [0.15, 0.2) is 48.5 Å². The van der Waals surface area contributed by atoms with Crippen molar-refractivity contribution in [1.82, 2.24) is 0 Å². The maximum Gasteiger partial charge on any atom is 0.269 e. The van der Waals surface area contributed by atoms with Gasteiger partial charge in [0, 0.05) is 16.3 Å². The zero-order valence-corrected chi connectivity index (χ0v) is 15.1. The summed E-state index contributed by atoms with van der Waals surface area (Å²) in [6.07, 6.45) is 0. The number of carbonyl (C=O) groups is 3. The number of nitrogens with zero attached hydrogens (tertiary/aromatic N) is 2. The molecule has 0 aliphatic carbocycles. The van der Waals surface area contributed by atoms with E-state index in [4.69, 9.17) is 17.3 Å². The SMILES string of the molecule is NC(=O)CN1C(=O)C2(SCC(=O)N2c2ccc(Cl)cc2)c2ccccc21. The Labute approximate surface area is 158 Å². The highest BCUT2D eigenvalue weighted by molar-refractivity contribution is 8.02. The quantitative estimate of drug-likeness (QED) is 0.874. The lowest BCUT2D eigenvalue weighted by Crippen LogP contribution is -2.51. The van der Waals surface area contributed by atoms with Crippen molar-refractivity contribution in [2.45, 2.75) is 4.87 Å². The van der Waals surface area contributed by atoms with Gasteiger partial charge in [0.15, 0.2) is 0 Å². The van der Waals surface area contributed by atoms with Gasteiger partial charge in [0.2, 0.25) is 16.7 Å². The van der Waals surface area contributed by atoms with E-state index in [0.717, 1.165) is 0 Å². The van der Waals surface area contributed by atoms with Crippen LogP contribution in [-0.2, 0) is 19.3 Å². The smallest absolute Gasteiger partial charge is 0.269 e. The van der Waals surface area contributed by atoms with Gasteiger partial charge in [-0.25, -0.2) is 0 Å². The number of carbonyl (C=O) groups excluding carboxylic acids is 3. The zero-order chi connectivity index (χ0) is 18.5. The number of hydrogen-bond acceptors (Lipinski definition) is 4. The number of amides is 3. The van der Waals surface area contributed by atoms with Gasteiger partial charge in [-0.05, 0) is 30.3 Å². The summed E-state index contributed by atoms with van der Waals surface area (Å²) in [5.74, 6) is -0.977. The Morgan fingerprint density at radius 2 is 1.85 bits per heavy atom. The van der Waals surface area contributed by atoms with Crippen LogP contribution >= 0.6 is 23.4 Å². The molecular formula is C18H14ClN3O3S. The molecule has 4 rings (SSSR count). The lowest BCUT2D eigenvalue weighted by Gasteiger charge is -2.33. The van der Waals surface area contributed by atoms with Crippen molar-refractivity contribution >= 4 is 52.5 Å². The second-order valence-corrected chi connectivity index (χ2v) is 7.62.